The number of ether oxygens (including phenoxy) is 1. The molecule has 0 radical (unpaired) electrons. The molecule has 1 saturated carbocycles. The van der Waals surface area contributed by atoms with Gasteiger partial charge in [-0.2, -0.15) is 0 Å². The summed E-state index contributed by atoms with van der Waals surface area (Å²) < 4.78 is 5.39. The van der Waals surface area contributed by atoms with Crippen LogP contribution in [0.4, 0.5) is 0 Å². The van der Waals surface area contributed by atoms with E-state index in [0.29, 0.717) is 6.10 Å². The maximum atomic E-state index is 5.39. The van der Waals surface area contributed by atoms with Crippen LogP contribution in [0.25, 0.3) is 0 Å². The van der Waals surface area contributed by atoms with Crippen molar-refractivity contribution in [2.24, 2.45) is 5.92 Å². The van der Waals surface area contributed by atoms with Crippen LogP contribution >= 0.6 is 0 Å². The lowest BCUT2D eigenvalue weighted by molar-refractivity contribution is 0.108. The minimum absolute atomic E-state index is 0.477. The molecule has 0 bridgehead atoms. The predicted octanol–water partition coefficient (Wildman–Crippen LogP) is 1.88. The summed E-state index contributed by atoms with van der Waals surface area (Å²) in [4.78, 5) is 2.52. The summed E-state index contributed by atoms with van der Waals surface area (Å²) in [5.74, 6) is 0.953. The highest BCUT2D eigenvalue weighted by Gasteiger charge is 2.22. The Morgan fingerprint density at radius 1 is 1.18 bits per heavy atom. The molecule has 1 N–H and O–H groups in total. The smallest absolute Gasteiger partial charge is 0.0710 e. The third kappa shape index (κ3) is 4.23. The van der Waals surface area contributed by atoms with Crippen LogP contribution in [0.2, 0.25) is 0 Å². The van der Waals surface area contributed by atoms with E-state index in [1.54, 1.807) is 0 Å². The Morgan fingerprint density at radius 2 is 1.94 bits per heavy atom. The summed E-state index contributed by atoms with van der Waals surface area (Å²) >= 11 is 0. The van der Waals surface area contributed by atoms with Crippen molar-refractivity contribution < 1.29 is 4.74 Å². The number of likely N-dealkylation sites (tertiary alicyclic amines) is 1. The number of rotatable bonds is 5. The average Bonchev–Trinajstić information content (AvgIpc) is 2.80. The van der Waals surface area contributed by atoms with Crippen molar-refractivity contribution in [2.75, 3.05) is 33.3 Å². The predicted molar refractivity (Wildman–Crippen MR) is 71.3 cm³/mol. The molecule has 17 heavy (non-hydrogen) atoms. The van der Waals surface area contributed by atoms with Gasteiger partial charge in [0.25, 0.3) is 0 Å². The maximum Gasteiger partial charge on any atom is 0.0710 e. The van der Waals surface area contributed by atoms with Gasteiger partial charge in [-0.25, -0.2) is 0 Å². The first-order valence-electron chi connectivity index (χ1n) is 7.26. The van der Waals surface area contributed by atoms with E-state index in [0.717, 1.165) is 25.0 Å². The van der Waals surface area contributed by atoms with Gasteiger partial charge in [0.05, 0.1) is 6.10 Å². The fourth-order valence-corrected chi connectivity index (χ4v) is 3.08. The molecule has 1 unspecified atom stereocenters. The van der Waals surface area contributed by atoms with Gasteiger partial charge < -0.3 is 10.1 Å². The molecule has 3 heteroatoms. The number of methoxy groups -OCH3 is 1. The lowest BCUT2D eigenvalue weighted by atomic mass is 9.87. The SMILES string of the molecule is COC1CCN(CCNC2CCC(C)CC2)C1. The second kappa shape index (κ2) is 6.72. The second-order valence-electron chi connectivity index (χ2n) is 5.86. The zero-order chi connectivity index (χ0) is 12.1. The van der Waals surface area contributed by atoms with Gasteiger partial charge in [-0.3, -0.25) is 4.90 Å². The first-order chi connectivity index (χ1) is 8.28. The fourth-order valence-electron chi connectivity index (χ4n) is 3.08. The van der Waals surface area contributed by atoms with E-state index >= 15 is 0 Å². The first kappa shape index (κ1) is 13.3. The molecule has 2 aliphatic rings. The van der Waals surface area contributed by atoms with Gasteiger partial charge in [-0.1, -0.05) is 6.92 Å². The summed E-state index contributed by atoms with van der Waals surface area (Å²) in [6.45, 7) is 7.05. The molecule has 100 valence electrons. The lowest BCUT2D eigenvalue weighted by Crippen LogP contribution is -2.38. The maximum absolute atomic E-state index is 5.39. The van der Waals surface area contributed by atoms with Crippen molar-refractivity contribution in [2.45, 2.75) is 51.2 Å². The van der Waals surface area contributed by atoms with E-state index in [4.69, 9.17) is 4.74 Å². The van der Waals surface area contributed by atoms with Crippen LogP contribution < -0.4 is 5.32 Å². The minimum Gasteiger partial charge on any atom is -0.380 e. The van der Waals surface area contributed by atoms with Crippen LogP contribution in [0.3, 0.4) is 0 Å². The molecule has 3 nitrogen and oxygen atoms in total. The molecule has 0 aromatic carbocycles. The zero-order valence-corrected chi connectivity index (χ0v) is 11.5. The molecule has 1 aliphatic carbocycles. The van der Waals surface area contributed by atoms with Gasteiger partial charge in [0.2, 0.25) is 0 Å². The molecular formula is C14H28N2O. The molecule has 1 atom stereocenters. The second-order valence-corrected chi connectivity index (χ2v) is 5.86. The summed E-state index contributed by atoms with van der Waals surface area (Å²) in [7, 11) is 1.83. The molecule has 1 heterocycles. The molecule has 0 aromatic rings. The van der Waals surface area contributed by atoms with Crippen LogP contribution in [0, 0.1) is 5.92 Å². The number of nitrogens with one attached hydrogen (secondary N) is 1. The van der Waals surface area contributed by atoms with Gasteiger partial charge in [-0.05, 0) is 38.0 Å². The van der Waals surface area contributed by atoms with Gasteiger partial charge in [-0.15, -0.1) is 0 Å². The van der Waals surface area contributed by atoms with Gasteiger partial charge in [0, 0.05) is 39.3 Å². The van der Waals surface area contributed by atoms with Crippen LogP contribution in [0.15, 0.2) is 0 Å². The molecular weight excluding hydrogens is 212 g/mol. The Hall–Kier alpha value is -0.120. The highest BCUT2D eigenvalue weighted by atomic mass is 16.5. The van der Waals surface area contributed by atoms with Gasteiger partial charge in [0.1, 0.15) is 0 Å². The first-order valence-corrected chi connectivity index (χ1v) is 7.26. The summed E-state index contributed by atoms with van der Waals surface area (Å²) in [5.41, 5.74) is 0. The van der Waals surface area contributed by atoms with E-state index < -0.39 is 0 Å². The van der Waals surface area contributed by atoms with Crippen molar-refractivity contribution in [1.82, 2.24) is 10.2 Å². The highest BCUT2D eigenvalue weighted by molar-refractivity contribution is 4.78. The average molecular weight is 240 g/mol. The monoisotopic (exact) mass is 240 g/mol. The summed E-state index contributed by atoms with van der Waals surface area (Å²) in [6, 6.07) is 0.784. The Kier molecular flexibility index (Phi) is 5.26. The summed E-state index contributed by atoms with van der Waals surface area (Å²) in [6.07, 6.45) is 7.26. The normalized spacial score (nSPS) is 35.3. The Labute approximate surface area is 106 Å². The number of nitrogens with zero attached hydrogens (tertiary/aromatic N) is 1. The van der Waals surface area contributed by atoms with Crippen molar-refractivity contribution in [1.29, 1.82) is 0 Å². The minimum atomic E-state index is 0.477. The molecule has 2 rings (SSSR count). The standard InChI is InChI=1S/C14H28N2O/c1-12-3-5-13(6-4-12)15-8-10-16-9-7-14(11-16)17-2/h12-15H,3-11H2,1-2H3. The van der Waals surface area contributed by atoms with Crippen LogP contribution in [-0.2, 0) is 4.74 Å². The van der Waals surface area contributed by atoms with Crippen molar-refractivity contribution in [3.8, 4) is 0 Å². The molecule has 1 aliphatic heterocycles. The van der Waals surface area contributed by atoms with Gasteiger partial charge >= 0.3 is 0 Å². The van der Waals surface area contributed by atoms with E-state index in [9.17, 15) is 0 Å². The number of hydrogen-bond acceptors (Lipinski definition) is 3. The van der Waals surface area contributed by atoms with Crippen LogP contribution in [-0.4, -0.2) is 50.3 Å². The topological polar surface area (TPSA) is 24.5 Å². The molecule has 0 spiro atoms. The molecule has 0 aromatic heterocycles. The van der Waals surface area contributed by atoms with E-state index in [1.165, 1.54) is 45.2 Å². The molecule has 1 saturated heterocycles. The van der Waals surface area contributed by atoms with Crippen LogP contribution in [0.1, 0.15) is 39.0 Å². The highest BCUT2D eigenvalue weighted by Crippen LogP contribution is 2.23. The molecule has 0 amide bonds. The third-order valence-electron chi connectivity index (χ3n) is 4.44. The van der Waals surface area contributed by atoms with E-state index in [1.807, 2.05) is 7.11 Å². The molecule has 2 fully saturated rings. The van der Waals surface area contributed by atoms with Crippen molar-refractivity contribution in [3.63, 3.8) is 0 Å². The lowest BCUT2D eigenvalue weighted by Gasteiger charge is -2.27. The largest absolute Gasteiger partial charge is 0.380 e. The third-order valence-corrected chi connectivity index (χ3v) is 4.44. The number of hydrogen-bond donors (Lipinski definition) is 1. The Morgan fingerprint density at radius 3 is 2.59 bits per heavy atom. The van der Waals surface area contributed by atoms with E-state index in [2.05, 4.69) is 17.1 Å². The zero-order valence-electron chi connectivity index (χ0n) is 11.5. The Balaban J connectivity index is 1.54. The van der Waals surface area contributed by atoms with Gasteiger partial charge in [0.15, 0.2) is 0 Å². The van der Waals surface area contributed by atoms with Crippen LogP contribution in [0.5, 0.6) is 0 Å². The van der Waals surface area contributed by atoms with E-state index in [-0.39, 0.29) is 0 Å². The van der Waals surface area contributed by atoms with Crippen molar-refractivity contribution >= 4 is 0 Å². The fraction of sp³-hybridized carbons (Fsp3) is 1.00. The summed E-state index contributed by atoms with van der Waals surface area (Å²) in [5, 5.41) is 3.72. The Bertz CT molecular complexity index is 212. The quantitative estimate of drug-likeness (QED) is 0.794. The van der Waals surface area contributed by atoms with Crippen molar-refractivity contribution in [3.05, 3.63) is 0 Å².